The maximum absolute atomic E-state index is 11.8. The average molecular weight is 313 g/mol. The highest BCUT2D eigenvalue weighted by molar-refractivity contribution is 7.88. The maximum Gasteiger partial charge on any atom is 0.490 e. The highest BCUT2D eigenvalue weighted by Gasteiger charge is 2.35. The third-order valence-corrected chi connectivity index (χ3v) is 5.10. The molecule has 116 valence electrons. The summed E-state index contributed by atoms with van der Waals surface area (Å²) >= 11 is 0. The molecule has 0 radical (unpaired) electrons. The fraction of sp³-hybridized carbons (Fsp3) is 0.583. The molecule has 1 aliphatic rings. The van der Waals surface area contributed by atoms with Gasteiger partial charge in [0.15, 0.2) is 0 Å². The van der Waals surface area contributed by atoms with Gasteiger partial charge in [0.25, 0.3) is 0 Å². The molecule has 1 aromatic heterocycles. The Morgan fingerprint density at radius 1 is 1.24 bits per heavy atom. The summed E-state index contributed by atoms with van der Waals surface area (Å²) in [6.45, 7) is 4.84. The number of rotatable bonds is 3. The standard InChI is InChI=1S/C12H20BN3O4S/c1-9-7-15(8-10(2)16(9)21(3,19)20)12-5-4-11(6-14-12)13(17)18/h4-6,9-10,17-18H,7-8H2,1-3H3/t9-,10+. The Balaban J connectivity index is 2.17. The Hall–Kier alpha value is -1.16. The van der Waals surface area contributed by atoms with Gasteiger partial charge < -0.3 is 14.9 Å². The quantitative estimate of drug-likeness (QED) is 0.668. The first-order valence-corrected chi connectivity index (χ1v) is 8.60. The monoisotopic (exact) mass is 313 g/mol. The van der Waals surface area contributed by atoms with Crippen LogP contribution in [0.1, 0.15) is 13.8 Å². The van der Waals surface area contributed by atoms with Crippen LogP contribution in [0.2, 0.25) is 0 Å². The molecule has 0 aliphatic carbocycles. The number of aromatic nitrogens is 1. The molecule has 1 aliphatic heterocycles. The predicted octanol–water partition coefficient (Wildman–Crippen LogP) is -1.38. The molecular formula is C12H20BN3O4S. The van der Waals surface area contributed by atoms with Gasteiger partial charge in [-0.05, 0) is 19.9 Å². The van der Waals surface area contributed by atoms with Crippen molar-refractivity contribution in [1.82, 2.24) is 9.29 Å². The van der Waals surface area contributed by atoms with Crippen molar-refractivity contribution in [1.29, 1.82) is 0 Å². The van der Waals surface area contributed by atoms with E-state index in [9.17, 15) is 8.42 Å². The number of sulfonamides is 1. The van der Waals surface area contributed by atoms with Gasteiger partial charge in [0, 0.05) is 36.8 Å². The molecule has 0 aromatic carbocycles. The molecule has 0 bridgehead atoms. The minimum Gasteiger partial charge on any atom is -0.423 e. The van der Waals surface area contributed by atoms with Gasteiger partial charge in [0.05, 0.1) is 6.26 Å². The SMILES string of the molecule is C[C@@H]1CN(c2ccc(B(O)O)cn2)C[C@H](C)N1S(C)(=O)=O. The normalized spacial score (nSPS) is 24.1. The van der Waals surface area contributed by atoms with E-state index in [0.717, 1.165) is 0 Å². The van der Waals surface area contributed by atoms with E-state index in [0.29, 0.717) is 24.4 Å². The number of nitrogens with zero attached hydrogens (tertiary/aromatic N) is 3. The van der Waals surface area contributed by atoms with Crippen LogP contribution in [0.3, 0.4) is 0 Å². The molecule has 0 amide bonds. The van der Waals surface area contributed by atoms with Crippen LogP contribution < -0.4 is 10.4 Å². The van der Waals surface area contributed by atoms with Crippen LogP contribution in [-0.4, -0.2) is 66.3 Å². The molecule has 2 atom stereocenters. The minimum atomic E-state index is -3.23. The summed E-state index contributed by atoms with van der Waals surface area (Å²) in [7, 11) is -4.76. The first-order chi connectivity index (χ1) is 9.70. The number of pyridine rings is 1. The lowest BCUT2D eigenvalue weighted by molar-refractivity contribution is 0.242. The molecule has 2 rings (SSSR count). The lowest BCUT2D eigenvalue weighted by atomic mass is 9.82. The van der Waals surface area contributed by atoms with Crippen LogP contribution in [-0.2, 0) is 10.0 Å². The van der Waals surface area contributed by atoms with Crippen molar-refractivity contribution >= 4 is 28.4 Å². The highest BCUT2D eigenvalue weighted by atomic mass is 32.2. The molecule has 0 spiro atoms. The van der Waals surface area contributed by atoms with Crippen molar-refractivity contribution < 1.29 is 18.5 Å². The van der Waals surface area contributed by atoms with E-state index in [-0.39, 0.29) is 12.1 Å². The second-order valence-electron chi connectivity index (χ2n) is 5.52. The molecule has 21 heavy (non-hydrogen) atoms. The van der Waals surface area contributed by atoms with E-state index in [2.05, 4.69) is 4.98 Å². The zero-order valence-electron chi connectivity index (χ0n) is 12.3. The molecule has 0 saturated carbocycles. The van der Waals surface area contributed by atoms with Crippen LogP contribution in [0, 0.1) is 0 Å². The lowest BCUT2D eigenvalue weighted by Gasteiger charge is -2.43. The van der Waals surface area contributed by atoms with Crippen LogP contribution in [0.5, 0.6) is 0 Å². The third-order valence-electron chi connectivity index (χ3n) is 3.61. The van der Waals surface area contributed by atoms with Crippen molar-refractivity contribution in [3.63, 3.8) is 0 Å². The number of hydrogen-bond acceptors (Lipinski definition) is 6. The van der Waals surface area contributed by atoms with Crippen molar-refractivity contribution in [3.8, 4) is 0 Å². The molecule has 1 saturated heterocycles. The second-order valence-corrected chi connectivity index (χ2v) is 7.41. The Labute approximate surface area is 125 Å². The van der Waals surface area contributed by atoms with Crippen molar-refractivity contribution in [2.45, 2.75) is 25.9 Å². The van der Waals surface area contributed by atoms with Gasteiger partial charge in [-0.1, -0.05) is 6.07 Å². The fourth-order valence-corrected chi connectivity index (χ4v) is 4.33. The third kappa shape index (κ3) is 3.54. The summed E-state index contributed by atoms with van der Waals surface area (Å²) in [5.74, 6) is 0.700. The van der Waals surface area contributed by atoms with Crippen LogP contribution in [0.25, 0.3) is 0 Å². The average Bonchev–Trinajstić information content (AvgIpc) is 2.36. The van der Waals surface area contributed by atoms with E-state index in [1.807, 2.05) is 18.7 Å². The van der Waals surface area contributed by atoms with E-state index in [1.165, 1.54) is 16.8 Å². The predicted molar refractivity (Wildman–Crippen MR) is 81.9 cm³/mol. The van der Waals surface area contributed by atoms with Crippen LogP contribution in [0.4, 0.5) is 5.82 Å². The molecule has 7 nitrogen and oxygen atoms in total. The fourth-order valence-electron chi connectivity index (χ4n) is 2.89. The number of hydrogen-bond donors (Lipinski definition) is 2. The summed E-state index contributed by atoms with van der Waals surface area (Å²) in [5.41, 5.74) is 0.328. The van der Waals surface area contributed by atoms with Gasteiger partial charge in [-0.2, -0.15) is 4.31 Å². The molecule has 1 fully saturated rings. The number of piperazine rings is 1. The smallest absolute Gasteiger partial charge is 0.423 e. The number of anilines is 1. The Morgan fingerprint density at radius 2 is 1.81 bits per heavy atom. The minimum absolute atomic E-state index is 0.145. The lowest BCUT2D eigenvalue weighted by Crippen LogP contribution is -2.58. The molecular weight excluding hydrogens is 293 g/mol. The maximum atomic E-state index is 11.8. The Kier molecular flexibility index (Phi) is 4.57. The molecule has 2 heterocycles. The van der Waals surface area contributed by atoms with Crippen LogP contribution in [0.15, 0.2) is 18.3 Å². The van der Waals surface area contributed by atoms with E-state index < -0.39 is 17.1 Å². The zero-order valence-corrected chi connectivity index (χ0v) is 13.2. The largest absolute Gasteiger partial charge is 0.490 e. The summed E-state index contributed by atoms with van der Waals surface area (Å²) in [4.78, 5) is 6.22. The first-order valence-electron chi connectivity index (χ1n) is 6.75. The topological polar surface area (TPSA) is 94.0 Å². The van der Waals surface area contributed by atoms with Gasteiger partial charge in [0.1, 0.15) is 5.82 Å². The van der Waals surface area contributed by atoms with Gasteiger partial charge >= 0.3 is 7.12 Å². The summed E-state index contributed by atoms with van der Waals surface area (Å²) in [5, 5.41) is 18.1. The first kappa shape index (κ1) is 16.2. The second kappa shape index (κ2) is 5.92. The Morgan fingerprint density at radius 3 is 2.19 bits per heavy atom. The van der Waals surface area contributed by atoms with Gasteiger partial charge in [-0.3, -0.25) is 0 Å². The summed E-state index contributed by atoms with van der Waals surface area (Å²) < 4.78 is 25.1. The van der Waals surface area contributed by atoms with E-state index >= 15 is 0 Å². The van der Waals surface area contributed by atoms with Crippen molar-refractivity contribution in [3.05, 3.63) is 18.3 Å². The molecule has 0 unspecified atom stereocenters. The highest BCUT2D eigenvalue weighted by Crippen LogP contribution is 2.22. The molecule has 1 aromatic rings. The van der Waals surface area contributed by atoms with E-state index in [4.69, 9.17) is 10.0 Å². The van der Waals surface area contributed by atoms with Gasteiger partial charge in [-0.25, -0.2) is 13.4 Å². The Bertz CT molecular complexity index is 581. The molecule has 2 N–H and O–H groups in total. The summed E-state index contributed by atoms with van der Waals surface area (Å²) in [6, 6.07) is 3.03. The van der Waals surface area contributed by atoms with E-state index in [1.54, 1.807) is 12.1 Å². The van der Waals surface area contributed by atoms with Crippen molar-refractivity contribution in [2.24, 2.45) is 0 Å². The van der Waals surface area contributed by atoms with Gasteiger partial charge in [0.2, 0.25) is 10.0 Å². The van der Waals surface area contributed by atoms with Crippen LogP contribution >= 0.6 is 0 Å². The van der Waals surface area contributed by atoms with Crippen molar-refractivity contribution in [2.75, 3.05) is 24.2 Å². The van der Waals surface area contributed by atoms with Gasteiger partial charge in [-0.15, -0.1) is 0 Å². The molecule has 9 heteroatoms. The summed E-state index contributed by atoms with van der Waals surface area (Å²) in [6.07, 6.45) is 2.64. The zero-order chi connectivity index (χ0) is 15.8.